The second-order valence-corrected chi connectivity index (χ2v) is 6.06. The summed E-state index contributed by atoms with van der Waals surface area (Å²) in [7, 11) is 0. The number of aryl methyl sites for hydroxylation is 3. The molecule has 0 atom stereocenters. The average Bonchev–Trinajstić information content (AvgIpc) is 2.52. The van der Waals surface area contributed by atoms with E-state index in [1.165, 1.54) is 16.7 Å². The molecule has 0 unspecified atom stereocenters. The lowest BCUT2D eigenvalue weighted by Crippen LogP contribution is -2.05. The van der Waals surface area contributed by atoms with Gasteiger partial charge in [-0.2, -0.15) is 4.98 Å². The van der Waals surface area contributed by atoms with Gasteiger partial charge in [-0.3, -0.25) is 0 Å². The van der Waals surface area contributed by atoms with E-state index in [-0.39, 0.29) is 0 Å². The monoisotopic (exact) mass is 318 g/mol. The molecule has 0 amide bonds. The molecule has 1 aromatic heterocycles. The van der Waals surface area contributed by atoms with Crippen molar-refractivity contribution < 1.29 is 0 Å². The van der Waals surface area contributed by atoms with Gasteiger partial charge in [-0.1, -0.05) is 36.4 Å². The van der Waals surface area contributed by atoms with Crippen LogP contribution in [0.3, 0.4) is 0 Å². The molecule has 0 aliphatic rings. The smallest absolute Gasteiger partial charge is 0.229 e. The van der Waals surface area contributed by atoms with E-state index in [1.54, 1.807) is 0 Å². The highest BCUT2D eigenvalue weighted by Crippen LogP contribution is 2.19. The molecule has 0 fully saturated rings. The molecule has 2 aromatic carbocycles. The fourth-order valence-corrected chi connectivity index (χ4v) is 2.68. The lowest BCUT2D eigenvalue weighted by atomic mass is 10.1. The quantitative estimate of drug-likeness (QED) is 0.712. The van der Waals surface area contributed by atoms with E-state index in [0.29, 0.717) is 5.95 Å². The third kappa shape index (κ3) is 4.32. The Hall–Kier alpha value is -2.88. The van der Waals surface area contributed by atoms with Gasteiger partial charge >= 0.3 is 0 Å². The van der Waals surface area contributed by atoms with Crippen molar-refractivity contribution in [1.82, 2.24) is 9.97 Å². The number of aromatic nitrogens is 2. The Bertz CT molecular complexity index is 808. The summed E-state index contributed by atoms with van der Waals surface area (Å²) < 4.78 is 0. The highest BCUT2D eigenvalue weighted by Gasteiger charge is 2.04. The van der Waals surface area contributed by atoms with Gasteiger partial charge in [0.1, 0.15) is 5.82 Å². The zero-order chi connectivity index (χ0) is 16.9. The van der Waals surface area contributed by atoms with E-state index in [2.05, 4.69) is 64.8 Å². The summed E-state index contributed by atoms with van der Waals surface area (Å²) in [5.74, 6) is 1.42. The van der Waals surface area contributed by atoms with Gasteiger partial charge in [-0.05, 0) is 49.6 Å². The number of hydrogen-bond donors (Lipinski definition) is 2. The van der Waals surface area contributed by atoms with E-state index in [9.17, 15) is 0 Å². The molecule has 3 rings (SSSR count). The molecule has 3 aromatic rings. The van der Waals surface area contributed by atoms with E-state index in [1.807, 2.05) is 31.2 Å². The molecule has 0 aliphatic carbocycles. The van der Waals surface area contributed by atoms with E-state index < -0.39 is 0 Å². The number of benzene rings is 2. The minimum Gasteiger partial charge on any atom is -0.366 e. The van der Waals surface area contributed by atoms with Gasteiger partial charge < -0.3 is 10.6 Å². The molecule has 0 spiro atoms. The van der Waals surface area contributed by atoms with Crippen LogP contribution in [0, 0.1) is 20.8 Å². The summed E-state index contributed by atoms with van der Waals surface area (Å²) >= 11 is 0. The van der Waals surface area contributed by atoms with Crippen LogP contribution in [0.4, 0.5) is 17.5 Å². The van der Waals surface area contributed by atoms with E-state index in [4.69, 9.17) is 0 Å². The Morgan fingerprint density at radius 3 is 2.25 bits per heavy atom. The number of hydrogen-bond acceptors (Lipinski definition) is 4. The summed E-state index contributed by atoms with van der Waals surface area (Å²) in [5, 5.41) is 6.66. The van der Waals surface area contributed by atoms with Crippen molar-refractivity contribution in [3.63, 3.8) is 0 Å². The third-order valence-corrected chi connectivity index (χ3v) is 3.65. The molecule has 0 saturated carbocycles. The van der Waals surface area contributed by atoms with Gasteiger partial charge in [0.25, 0.3) is 0 Å². The lowest BCUT2D eigenvalue weighted by molar-refractivity contribution is 1.06. The van der Waals surface area contributed by atoms with Crippen molar-refractivity contribution in [3.8, 4) is 0 Å². The second-order valence-electron chi connectivity index (χ2n) is 6.06. The van der Waals surface area contributed by atoms with Crippen molar-refractivity contribution >= 4 is 17.5 Å². The Balaban J connectivity index is 1.76. The number of rotatable bonds is 5. The van der Waals surface area contributed by atoms with Crippen molar-refractivity contribution in [2.75, 3.05) is 10.6 Å². The first-order valence-electron chi connectivity index (χ1n) is 8.07. The maximum absolute atomic E-state index is 4.57. The van der Waals surface area contributed by atoms with Crippen LogP contribution in [-0.2, 0) is 6.54 Å². The highest BCUT2D eigenvalue weighted by molar-refractivity contribution is 5.57. The average molecular weight is 318 g/mol. The molecule has 0 saturated heterocycles. The predicted octanol–water partition coefficient (Wildman–Crippen LogP) is 4.76. The van der Waals surface area contributed by atoms with Crippen LogP contribution in [0.25, 0.3) is 0 Å². The maximum atomic E-state index is 4.57. The van der Waals surface area contributed by atoms with E-state index in [0.717, 1.165) is 23.7 Å². The second kappa shape index (κ2) is 7.13. The van der Waals surface area contributed by atoms with Crippen molar-refractivity contribution in [2.45, 2.75) is 27.3 Å². The minimum absolute atomic E-state index is 0.607. The van der Waals surface area contributed by atoms with Gasteiger partial charge in [0.05, 0.1) is 0 Å². The number of nitrogens with zero attached hydrogens (tertiary/aromatic N) is 2. The topological polar surface area (TPSA) is 49.8 Å². The van der Waals surface area contributed by atoms with Gasteiger partial charge in [-0.15, -0.1) is 0 Å². The Labute approximate surface area is 143 Å². The molecule has 2 N–H and O–H groups in total. The third-order valence-electron chi connectivity index (χ3n) is 3.65. The SMILES string of the molecule is Cc1cc(C)cc(Nc2nc(C)cc(NCc3ccccc3)n2)c1. The molecule has 122 valence electrons. The van der Waals surface area contributed by atoms with Crippen LogP contribution < -0.4 is 10.6 Å². The van der Waals surface area contributed by atoms with E-state index >= 15 is 0 Å². The first kappa shape index (κ1) is 16.0. The summed E-state index contributed by atoms with van der Waals surface area (Å²) in [6.07, 6.45) is 0. The van der Waals surface area contributed by atoms with Gasteiger partial charge in [-0.25, -0.2) is 4.98 Å². The van der Waals surface area contributed by atoms with Crippen molar-refractivity contribution in [3.05, 3.63) is 77.0 Å². The summed E-state index contributed by atoms with van der Waals surface area (Å²) in [6, 6.07) is 18.6. The fraction of sp³-hybridized carbons (Fsp3) is 0.200. The Morgan fingerprint density at radius 1 is 0.833 bits per heavy atom. The molecule has 1 heterocycles. The van der Waals surface area contributed by atoms with Crippen molar-refractivity contribution in [2.24, 2.45) is 0 Å². The normalized spacial score (nSPS) is 10.5. The van der Waals surface area contributed by atoms with Crippen LogP contribution >= 0.6 is 0 Å². The zero-order valence-corrected chi connectivity index (χ0v) is 14.3. The minimum atomic E-state index is 0.607. The molecular formula is C20H22N4. The zero-order valence-electron chi connectivity index (χ0n) is 14.3. The molecule has 24 heavy (non-hydrogen) atoms. The first-order valence-corrected chi connectivity index (χ1v) is 8.07. The number of nitrogens with one attached hydrogen (secondary N) is 2. The lowest BCUT2D eigenvalue weighted by Gasteiger charge is -2.11. The summed E-state index contributed by atoms with van der Waals surface area (Å²) in [5.41, 5.74) is 5.58. The van der Waals surface area contributed by atoms with Gasteiger partial charge in [0.2, 0.25) is 5.95 Å². The molecular weight excluding hydrogens is 296 g/mol. The molecule has 4 nitrogen and oxygen atoms in total. The van der Waals surface area contributed by atoms with Crippen LogP contribution in [0.2, 0.25) is 0 Å². The predicted molar refractivity (Wildman–Crippen MR) is 99.7 cm³/mol. The standard InChI is InChI=1S/C20H22N4/c1-14-9-15(2)11-18(10-14)23-20-22-16(3)12-19(24-20)21-13-17-7-5-4-6-8-17/h4-12H,13H2,1-3H3,(H2,21,22,23,24). The summed E-state index contributed by atoms with van der Waals surface area (Å²) in [4.78, 5) is 9.05. The molecule has 0 radical (unpaired) electrons. The fourth-order valence-electron chi connectivity index (χ4n) is 2.68. The van der Waals surface area contributed by atoms with Crippen molar-refractivity contribution in [1.29, 1.82) is 0 Å². The first-order chi connectivity index (χ1) is 11.6. The molecule has 0 bridgehead atoms. The molecule has 4 heteroatoms. The maximum Gasteiger partial charge on any atom is 0.229 e. The Kier molecular flexibility index (Phi) is 4.75. The van der Waals surface area contributed by atoms with Gasteiger partial charge in [0, 0.05) is 24.0 Å². The van der Waals surface area contributed by atoms with Crippen LogP contribution in [-0.4, -0.2) is 9.97 Å². The largest absolute Gasteiger partial charge is 0.366 e. The van der Waals surface area contributed by atoms with Gasteiger partial charge in [0.15, 0.2) is 0 Å². The molecule has 0 aliphatic heterocycles. The van der Waals surface area contributed by atoms with Crippen LogP contribution in [0.15, 0.2) is 54.6 Å². The number of anilines is 3. The Morgan fingerprint density at radius 2 is 1.54 bits per heavy atom. The summed E-state index contributed by atoms with van der Waals surface area (Å²) in [6.45, 7) is 6.88. The highest BCUT2D eigenvalue weighted by atomic mass is 15.1. The van der Waals surface area contributed by atoms with Crippen LogP contribution in [0.1, 0.15) is 22.4 Å². The van der Waals surface area contributed by atoms with Crippen LogP contribution in [0.5, 0.6) is 0 Å².